The number of imide groups is 1. The number of carbonyl (C=O) groups is 3. The van der Waals surface area contributed by atoms with E-state index in [2.05, 4.69) is 5.32 Å². The van der Waals surface area contributed by atoms with Gasteiger partial charge in [-0.15, -0.1) is 0 Å². The number of piperidine rings is 1. The van der Waals surface area contributed by atoms with E-state index >= 15 is 0 Å². The number of fused-ring (bicyclic) bond motifs is 1. The van der Waals surface area contributed by atoms with Crippen LogP contribution < -0.4 is 11.1 Å². The lowest BCUT2D eigenvalue weighted by Crippen LogP contribution is -2.52. The Hall–Kier alpha value is -3.94. The molecule has 5 rings (SSSR count). The lowest BCUT2D eigenvalue weighted by Gasteiger charge is -2.29. The Morgan fingerprint density at radius 3 is 2.72 bits per heavy atom. The molecule has 2 aliphatic rings. The summed E-state index contributed by atoms with van der Waals surface area (Å²) in [6.07, 6.45) is 2.54. The summed E-state index contributed by atoms with van der Waals surface area (Å²) in [5.41, 5.74) is 11.9. The number of nitrogens with one attached hydrogen (secondary N) is 1. The van der Waals surface area contributed by atoms with Gasteiger partial charge in [-0.25, -0.2) is 4.98 Å². The summed E-state index contributed by atoms with van der Waals surface area (Å²) in [5.74, 6) is -0.0711. The number of imidazole rings is 1. The Morgan fingerprint density at radius 1 is 1.12 bits per heavy atom. The molecular formula is C24H23N5O3. The predicted molar refractivity (Wildman–Crippen MR) is 119 cm³/mol. The SMILES string of the molecule is Cc1c(N)cccc1-c1nc(-c2ccc3c(c2)CN(C2CCC(=O)NC2=O)C3=O)cn1C. The molecule has 1 unspecified atom stereocenters. The second kappa shape index (κ2) is 7.33. The molecule has 2 aromatic carbocycles. The Morgan fingerprint density at radius 2 is 1.94 bits per heavy atom. The van der Waals surface area contributed by atoms with Crippen LogP contribution in [0.15, 0.2) is 42.6 Å². The predicted octanol–water partition coefficient (Wildman–Crippen LogP) is 2.41. The van der Waals surface area contributed by atoms with Crippen LogP contribution in [0.1, 0.15) is 34.3 Å². The number of aryl methyl sites for hydroxylation is 1. The number of aromatic nitrogens is 2. The summed E-state index contributed by atoms with van der Waals surface area (Å²) in [6, 6.07) is 10.8. The minimum atomic E-state index is -0.621. The van der Waals surface area contributed by atoms with Crippen LogP contribution in [0.2, 0.25) is 0 Å². The molecule has 0 radical (unpaired) electrons. The number of nitrogens with zero attached hydrogens (tertiary/aromatic N) is 3. The highest BCUT2D eigenvalue weighted by Crippen LogP contribution is 2.33. The molecule has 3 heterocycles. The molecular weight excluding hydrogens is 406 g/mol. The van der Waals surface area contributed by atoms with Gasteiger partial charge in [-0.3, -0.25) is 19.7 Å². The van der Waals surface area contributed by atoms with Crippen LogP contribution >= 0.6 is 0 Å². The highest BCUT2D eigenvalue weighted by molar-refractivity contribution is 6.05. The van der Waals surface area contributed by atoms with Gasteiger partial charge in [0.25, 0.3) is 5.91 Å². The molecule has 2 aliphatic heterocycles. The number of nitrogens with two attached hydrogens (primary N) is 1. The van der Waals surface area contributed by atoms with Gasteiger partial charge in [-0.1, -0.05) is 18.2 Å². The average Bonchev–Trinajstić information content (AvgIpc) is 3.30. The fourth-order valence-electron chi connectivity index (χ4n) is 4.49. The summed E-state index contributed by atoms with van der Waals surface area (Å²) < 4.78 is 1.96. The number of amides is 3. The van der Waals surface area contributed by atoms with Crippen molar-refractivity contribution in [1.82, 2.24) is 19.8 Å². The molecule has 0 bridgehead atoms. The van der Waals surface area contributed by atoms with Gasteiger partial charge in [0.15, 0.2) is 0 Å². The molecule has 0 saturated carbocycles. The standard InChI is InChI=1S/C24H23N5O3/c1-13-16(4-3-5-18(13)25)22-26-19(12-28(22)2)14-6-7-17-15(10-14)11-29(24(17)32)20-8-9-21(30)27-23(20)31/h3-7,10,12,20H,8-9,11,25H2,1-2H3,(H,27,30,31). The number of rotatable bonds is 3. The third-order valence-corrected chi connectivity index (χ3v) is 6.31. The molecule has 162 valence electrons. The molecule has 8 nitrogen and oxygen atoms in total. The zero-order valence-corrected chi connectivity index (χ0v) is 17.9. The van der Waals surface area contributed by atoms with Gasteiger partial charge in [0.1, 0.15) is 11.9 Å². The Bertz CT molecular complexity index is 1290. The summed E-state index contributed by atoms with van der Waals surface area (Å²) in [6.45, 7) is 2.31. The monoisotopic (exact) mass is 429 g/mol. The van der Waals surface area contributed by atoms with Crippen molar-refractivity contribution in [3.05, 3.63) is 59.3 Å². The van der Waals surface area contributed by atoms with Crippen molar-refractivity contribution in [2.24, 2.45) is 7.05 Å². The molecule has 1 fully saturated rings. The van der Waals surface area contributed by atoms with Crippen LogP contribution in [0.25, 0.3) is 22.6 Å². The van der Waals surface area contributed by atoms with Crippen LogP contribution in [0.5, 0.6) is 0 Å². The summed E-state index contributed by atoms with van der Waals surface area (Å²) in [7, 11) is 1.94. The lowest BCUT2D eigenvalue weighted by molar-refractivity contribution is -0.136. The maximum absolute atomic E-state index is 12.9. The van der Waals surface area contributed by atoms with Crippen molar-refractivity contribution in [1.29, 1.82) is 0 Å². The molecule has 32 heavy (non-hydrogen) atoms. The fourth-order valence-corrected chi connectivity index (χ4v) is 4.49. The lowest BCUT2D eigenvalue weighted by atomic mass is 10.0. The van der Waals surface area contributed by atoms with E-state index in [0.29, 0.717) is 18.5 Å². The van der Waals surface area contributed by atoms with Crippen molar-refractivity contribution in [3.63, 3.8) is 0 Å². The third kappa shape index (κ3) is 3.15. The van der Waals surface area contributed by atoms with Crippen molar-refractivity contribution in [3.8, 4) is 22.6 Å². The second-order valence-corrected chi connectivity index (χ2v) is 8.35. The van der Waals surface area contributed by atoms with E-state index in [-0.39, 0.29) is 18.2 Å². The van der Waals surface area contributed by atoms with Gasteiger partial charge in [-0.05, 0) is 42.7 Å². The van der Waals surface area contributed by atoms with Crippen molar-refractivity contribution in [2.75, 3.05) is 5.73 Å². The van der Waals surface area contributed by atoms with E-state index < -0.39 is 11.9 Å². The van der Waals surface area contributed by atoms with E-state index in [0.717, 1.165) is 39.5 Å². The van der Waals surface area contributed by atoms with Gasteiger partial charge in [0.2, 0.25) is 11.8 Å². The average molecular weight is 429 g/mol. The number of anilines is 1. The van der Waals surface area contributed by atoms with Gasteiger partial charge in [0.05, 0.1) is 5.69 Å². The molecule has 1 aromatic heterocycles. The highest BCUT2D eigenvalue weighted by Gasteiger charge is 2.39. The molecule has 0 spiro atoms. The number of hydrogen-bond donors (Lipinski definition) is 2. The van der Waals surface area contributed by atoms with Crippen LogP contribution in [-0.4, -0.2) is 38.2 Å². The maximum Gasteiger partial charge on any atom is 0.255 e. The molecule has 3 aromatic rings. The zero-order chi connectivity index (χ0) is 22.6. The summed E-state index contributed by atoms with van der Waals surface area (Å²) >= 11 is 0. The van der Waals surface area contributed by atoms with E-state index in [1.165, 1.54) is 0 Å². The van der Waals surface area contributed by atoms with Gasteiger partial charge in [0, 0.05) is 48.6 Å². The Kier molecular flexibility index (Phi) is 4.58. The van der Waals surface area contributed by atoms with Crippen LogP contribution in [0.4, 0.5) is 5.69 Å². The first-order valence-corrected chi connectivity index (χ1v) is 10.5. The molecule has 3 amide bonds. The second-order valence-electron chi connectivity index (χ2n) is 8.35. The summed E-state index contributed by atoms with van der Waals surface area (Å²) in [5, 5.41) is 2.33. The maximum atomic E-state index is 12.9. The topological polar surface area (TPSA) is 110 Å². The zero-order valence-electron chi connectivity index (χ0n) is 17.9. The normalized spacial score (nSPS) is 18.1. The molecule has 8 heteroatoms. The number of nitrogen functional groups attached to an aromatic ring is 1. The van der Waals surface area contributed by atoms with E-state index in [1.54, 1.807) is 11.0 Å². The first-order chi connectivity index (χ1) is 15.3. The largest absolute Gasteiger partial charge is 0.398 e. The highest BCUT2D eigenvalue weighted by atomic mass is 16.2. The minimum absolute atomic E-state index is 0.182. The molecule has 1 atom stereocenters. The van der Waals surface area contributed by atoms with E-state index in [9.17, 15) is 14.4 Å². The van der Waals surface area contributed by atoms with Crippen LogP contribution in [0, 0.1) is 6.92 Å². The van der Waals surface area contributed by atoms with Gasteiger partial charge >= 0.3 is 0 Å². The number of carbonyl (C=O) groups excluding carboxylic acids is 3. The smallest absolute Gasteiger partial charge is 0.255 e. The van der Waals surface area contributed by atoms with Crippen LogP contribution in [0.3, 0.4) is 0 Å². The van der Waals surface area contributed by atoms with Crippen molar-refractivity contribution >= 4 is 23.4 Å². The van der Waals surface area contributed by atoms with Gasteiger partial charge < -0.3 is 15.2 Å². The first kappa shape index (κ1) is 20.0. The summed E-state index contributed by atoms with van der Waals surface area (Å²) in [4.78, 5) is 43.0. The van der Waals surface area contributed by atoms with Crippen molar-refractivity contribution < 1.29 is 14.4 Å². The number of hydrogen-bond acceptors (Lipinski definition) is 5. The minimum Gasteiger partial charge on any atom is -0.398 e. The van der Waals surface area contributed by atoms with Gasteiger partial charge in [-0.2, -0.15) is 0 Å². The molecule has 1 saturated heterocycles. The number of benzene rings is 2. The van der Waals surface area contributed by atoms with Crippen LogP contribution in [-0.2, 0) is 23.2 Å². The quantitative estimate of drug-likeness (QED) is 0.491. The Balaban J connectivity index is 1.46. The molecule has 3 N–H and O–H groups in total. The third-order valence-electron chi connectivity index (χ3n) is 6.31. The van der Waals surface area contributed by atoms with E-state index in [4.69, 9.17) is 10.7 Å². The first-order valence-electron chi connectivity index (χ1n) is 10.5. The Labute approximate surface area is 185 Å². The van der Waals surface area contributed by atoms with E-state index in [1.807, 2.05) is 55.1 Å². The van der Waals surface area contributed by atoms with Crippen molar-refractivity contribution in [2.45, 2.75) is 32.4 Å². The fraction of sp³-hybridized carbons (Fsp3) is 0.250. The molecule has 0 aliphatic carbocycles.